The molecule has 0 fully saturated rings. The number of urea groups is 1. The van der Waals surface area contributed by atoms with Crippen molar-refractivity contribution in [2.75, 3.05) is 33.8 Å². The number of hydrogen-bond donors (Lipinski definition) is 2. The van der Waals surface area contributed by atoms with Crippen LogP contribution in [0.5, 0.6) is 23.0 Å². The Labute approximate surface area is 241 Å². The minimum atomic E-state index is -5.10. The van der Waals surface area contributed by atoms with E-state index in [1.807, 2.05) is 0 Å². The highest BCUT2D eigenvalue weighted by Gasteiger charge is 2.37. The molecule has 2 amide bonds. The molecular formula is C29H26F6N2O6. The second-order valence-electron chi connectivity index (χ2n) is 9.44. The molecule has 2 N–H and O–H groups in total. The predicted octanol–water partition coefficient (Wildman–Crippen LogP) is 6.59. The van der Waals surface area contributed by atoms with Crippen molar-refractivity contribution < 1.29 is 50.1 Å². The first-order chi connectivity index (χ1) is 20.2. The number of aryl methyl sites for hydroxylation is 1. The quantitative estimate of drug-likeness (QED) is 0.305. The fourth-order valence-corrected chi connectivity index (χ4v) is 4.97. The first-order valence-corrected chi connectivity index (χ1v) is 12.6. The van der Waals surface area contributed by atoms with Gasteiger partial charge in [-0.05, 0) is 65.9 Å². The number of hydrogen-bond acceptors (Lipinski definition) is 6. The van der Waals surface area contributed by atoms with E-state index in [0.717, 1.165) is 0 Å². The van der Waals surface area contributed by atoms with Crippen LogP contribution in [0.25, 0.3) is 11.1 Å². The number of rotatable bonds is 6. The molecule has 1 atom stereocenters. The smallest absolute Gasteiger partial charge is 0.416 e. The Morgan fingerprint density at radius 1 is 0.791 bits per heavy atom. The van der Waals surface area contributed by atoms with Crippen LogP contribution in [0.15, 0.2) is 47.3 Å². The van der Waals surface area contributed by atoms with Gasteiger partial charge in [-0.3, -0.25) is 4.79 Å². The summed E-state index contributed by atoms with van der Waals surface area (Å²) in [6.45, 7) is 0. The molecule has 0 saturated heterocycles. The average molecular weight is 613 g/mol. The maximum atomic E-state index is 13.3. The molecule has 8 nitrogen and oxygen atoms in total. The van der Waals surface area contributed by atoms with Gasteiger partial charge in [-0.15, -0.1) is 0 Å². The Bertz CT molecular complexity index is 1570. The van der Waals surface area contributed by atoms with E-state index in [0.29, 0.717) is 46.6 Å². The third-order valence-electron chi connectivity index (χ3n) is 6.87. The lowest BCUT2D eigenvalue weighted by atomic mass is 9.95. The van der Waals surface area contributed by atoms with Crippen LogP contribution in [0.2, 0.25) is 0 Å². The topological polar surface area (TPSA) is 95.1 Å². The van der Waals surface area contributed by atoms with E-state index in [-0.39, 0.29) is 29.7 Å². The zero-order valence-corrected chi connectivity index (χ0v) is 23.3. The van der Waals surface area contributed by atoms with Crippen molar-refractivity contribution in [1.29, 1.82) is 0 Å². The molecule has 0 unspecified atom stereocenters. The van der Waals surface area contributed by atoms with Crippen molar-refractivity contribution in [2.24, 2.45) is 0 Å². The number of halogens is 6. The zero-order chi connectivity index (χ0) is 31.7. The van der Waals surface area contributed by atoms with Crippen molar-refractivity contribution in [3.63, 3.8) is 0 Å². The van der Waals surface area contributed by atoms with Crippen LogP contribution in [0.1, 0.15) is 34.7 Å². The molecule has 3 aromatic rings. The first-order valence-electron chi connectivity index (χ1n) is 12.6. The number of nitrogens with one attached hydrogen (secondary N) is 2. The maximum absolute atomic E-state index is 13.3. The Morgan fingerprint density at radius 2 is 1.40 bits per heavy atom. The molecule has 1 aliphatic carbocycles. The molecule has 0 radical (unpaired) electrons. The van der Waals surface area contributed by atoms with Crippen LogP contribution in [-0.2, 0) is 18.8 Å². The molecule has 43 heavy (non-hydrogen) atoms. The van der Waals surface area contributed by atoms with Crippen LogP contribution < -0.4 is 35.0 Å². The van der Waals surface area contributed by atoms with E-state index < -0.39 is 46.7 Å². The van der Waals surface area contributed by atoms with Crippen LogP contribution >= 0.6 is 0 Å². The molecule has 1 aliphatic rings. The number of ether oxygens (including phenoxy) is 4. The molecule has 0 saturated carbocycles. The molecule has 0 aliphatic heterocycles. The van der Waals surface area contributed by atoms with Crippen LogP contribution in [-0.4, -0.2) is 34.5 Å². The summed E-state index contributed by atoms with van der Waals surface area (Å²) in [5, 5.41) is 4.67. The predicted molar refractivity (Wildman–Crippen MR) is 144 cm³/mol. The van der Waals surface area contributed by atoms with E-state index in [9.17, 15) is 35.9 Å². The summed E-state index contributed by atoms with van der Waals surface area (Å²) in [7, 11) is 5.58. The molecular weight excluding hydrogens is 586 g/mol. The van der Waals surface area contributed by atoms with Gasteiger partial charge in [0.1, 0.15) is 0 Å². The Kier molecular flexibility index (Phi) is 8.69. The van der Waals surface area contributed by atoms with Gasteiger partial charge < -0.3 is 29.6 Å². The van der Waals surface area contributed by atoms with Gasteiger partial charge in [0.2, 0.25) is 11.2 Å². The molecule has 230 valence electrons. The van der Waals surface area contributed by atoms with Gasteiger partial charge in [-0.1, -0.05) is 6.07 Å². The summed E-state index contributed by atoms with van der Waals surface area (Å²) in [4.78, 5) is 26.0. The lowest BCUT2D eigenvalue weighted by Crippen LogP contribution is -2.33. The minimum absolute atomic E-state index is 0.0130. The summed E-state index contributed by atoms with van der Waals surface area (Å²) < 4.78 is 102. The van der Waals surface area contributed by atoms with E-state index >= 15 is 0 Å². The van der Waals surface area contributed by atoms with E-state index in [1.165, 1.54) is 40.6 Å². The normalized spacial score (nSPS) is 14.5. The van der Waals surface area contributed by atoms with Crippen molar-refractivity contribution in [2.45, 2.75) is 31.2 Å². The highest BCUT2D eigenvalue weighted by molar-refractivity contribution is 5.90. The number of fused-ring (bicyclic) bond motifs is 3. The number of alkyl halides is 6. The molecule has 3 aromatic carbocycles. The van der Waals surface area contributed by atoms with Crippen molar-refractivity contribution in [1.82, 2.24) is 5.32 Å². The van der Waals surface area contributed by atoms with Crippen LogP contribution in [0, 0.1) is 0 Å². The third-order valence-corrected chi connectivity index (χ3v) is 6.87. The summed E-state index contributed by atoms with van der Waals surface area (Å²) in [5.74, 6) is 0.895. The second kappa shape index (κ2) is 11.9. The van der Waals surface area contributed by atoms with Crippen LogP contribution in [0.3, 0.4) is 0 Å². The second-order valence-corrected chi connectivity index (χ2v) is 9.44. The van der Waals surface area contributed by atoms with Gasteiger partial charge in [0.15, 0.2) is 17.2 Å². The summed E-state index contributed by atoms with van der Waals surface area (Å²) in [6.07, 6.45) is -9.73. The standard InChI is InChI=1S/C29H26F6N2O6/c1-40-22-8-6-18-19(13-21(22)38)20(7-5-14-9-23(41-2)25(42-3)26(43-4)24(14)18)37-27(39)36-17-11-15(28(30,31)32)10-16(12-17)29(33,34)35/h6,8-13,20H,5,7H2,1-4H3,(H2,36,37,39)/t20-/m0/s1. The molecule has 0 aromatic heterocycles. The molecule has 0 heterocycles. The average Bonchev–Trinajstić information content (AvgIpc) is 3.19. The molecule has 0 bridgehead atoms. The monoisotopic (exact) mass is 612 g/mol. The fourth-order valence-electron chi connectivity index (χ4n) is 4.97. The summed E-state index contributed by atoms with van der Waals surface area (Å²) in [5.41, 5.74) is -2.46. The van der Waals surface area contributed by atoms with E-state index in [1.54, 1.807) is 12.1 Å². The number of methoxy groups -OCH3 is 4. The summed E-state index contributed by atoms with van der Waals surface area (Å²) >= 11 is 0. The minimum Gasteiger partial charge on any atom is -0.493 e. The number of carbonyl (C=O) groups excluding carboxylic acids is 1. The van der Waals surface area contributed by atoms with E-state index in [2.05, 4.69) is 10.6 Å². The van der Waals surface area contributed by atoms with Gasteiger partial charge >= 0.3 is 18.4 Å². The van der Waals surface area contributed by atoms with Gasteiger partial charge in [0.05, 0.1) is 45.6 Å². The molecule has 14 heteroatoms. The fraction of sp³-hybridized carbons (Fsp3) is 0.310. The summed E-state index contributed by atoms with van der Waals surface area (Å²) in [6, 6.07) is 4.72. The highest BCUT2D eigenvalue weighted by atomic mass is 19.4. The SMILES string of the molecule is COc1cc2c(c(OC)c1OC)-c1ccc(OC)c(=O)cc1[C@@H](NC(=O)Nc1cc(C(F)(F)F)cc(C(F)(F)F)c1)CC2. The number of carbonyl (C=O) groups is 1. The van der Waals surface area contributed by atoms with Crippen molar-refractivity contribution in [3.05, 3.63) is 74.9 Å². The van der Waals surface area contributed by atoms with Gasteiger partial charge in [0.25, 0.3) is 0 Å². The first kappa shape index (κ1) is 31.3. The lowest BCUT2D eigenvalue weighted by molar-refractivity contribution is -0.143. The third kappa shape index (κ3) is 6.42. The number of benzene rings is 2. The highest BCUT2D eigenvalue weighted by Crippen LogP contribution is 2.50. The van der Waals surface area contributed by atoms with Crippen molar-refractivity contribution in [3.8, 4) is 34.1 Å². The van der Waals surface area contributed by atoms with Gasteiger partial charge in [0, 0.05) is 11.3 Å². The Morgan fingerprint density at radius 3 is 1.93 bits per heavy atom. The van der Waals surface area contributed by atoms with Gasteiger partial charge in [-0.2, -0.15) is 26.3 Å². The molecule has 4 rings (SSSR count). The largest absolute Gasteiger partial charge is 0.493 e. The molecule has 0 spiro atoms. The maximum Gasteiger partial charge on any atom is 0.416 e. The lowest BCUT2D eigenvalue weighted by Gasteiger charge is -2.20. The van der Waals surface area contributed by atoms with Gasteiger partial charge in [-0.25, -0.2) is 4.79 Å². The number of amides is 2. The Hall–Kier alpha value is -4.62. The van der Waals surface area contributed by atoms with Crippen LogP contribution in [0.4, 0.5) is 36.8 Å². The zero-order valence-electron chi connectivity index (χ0n) is 23.3. The number of anilines is 1. The van der Waals surface area contributed by atoms with E-state index in [4.69, 9.17) is 18.9 Å². The Balaban J connectivity index is 1.81. The van der Waals surface area contributed by atoms with Crippen molar-refractivity contribution >= 4 is 11.7 Å².